The van der Waals surface area contributed by atoms with Crippen molar-refractivity contribution in [1.29, 1.82) is 0 Å². The van der Waals surface area contributed by atoms with Crippen LogP contribution >= 0.6 is 15.9 Å². The van der Waals surface area contributed by atoms with Gasteiger partial charge in [-0.1, -0.05) is 39.7 Å². The van der Waals surface area contributed by atoms with Gasteiger partial charge in [-0.05, 0) is 75.5 Å². The standard InChI is InChI=1S/C23H25BrN2O/c1-16-5-8-21-20(13-16)23(9-11-25(12-10-23)19-6-7-19)15-26(21)22(27)17-3-2-4-18(24)14-17/h2-5,8,13-14,19H,6-7,9-12,15H2,1H3. The highest BCUT2D eigenvalue weighted by Crippen LogP contribution is 2.48. The van der Waals surface area contributed by atoms with Gasteiger partial charge in [-0.2, -0.15) is 0 Å². The van der Waals surface area contributed by atoms with E-state index in [1.54, 1.807) is 0 Å². The molecule has 0 aromatic heterocycles. The number of carbonyl (C=O) groups is 1. The maximum absolute atomic E-state index is 13.4. The van der Waals surface area contributed by atoms with E-state index in [2.05, 4.69) is 46.0 Å². The van der Waals surface area contributed by atoms with E-state index in [1.807, 2.05) is 29.2 Å². The Morgan fingerprint density at radius 3 is 2.59 bits per heavy atom. The van der Waals surface area contributed by atoms with Crippen molar-refractivity contribution in [2.75, 3.05) is 24.5 Å². The van der Waals surface area contributed by atoms with E-state index in [0.29, 0.717) is 0 Å². The third-order valence-corrected chi connectivity index (χ3v) is 7.10. The minimum atomic E-state index is 0.114. The SMILES string of the molecule is Cc1ccc2c(c1)C1(CCN(C3CC3)CC1)CN2C(=O)c1cccc(Br)c1. The maximum atomic E-state index is 13.4. The van der Waals surface area contributed by atoms with Crippen LogP contribution in [-0.4, -0.2) is 36.5 Å². The van der Waals surface area contributed by atoms with E-state index in [0.717, 1.165) is 54.2 Å². The van der Waals surface area contributed by atoms with Crippen molar-refractivity contribution in [3.8, 4) is 0 Å². The highest BCUT2D eigenvalue weighted by molar-refractivity contribution is 9.10. The second-order valence-electron chi connectivity index (χ2n) is 8.47. The normalized spacial score (nSPS) is 21.5. The van der Waals surface area contributed by atoms with Crippen molar-refractivity contribution in [3.05, 3.63) is 63.6 Å². The van der Waals surface area contributed by atoms with Crippen molar-refractivity contribution in [2.45, 2.75) is 44.1 Å². The van der Waals surface area contributed by atoms with Gasteiger partial charge in [-0.3, -0.25) is 4.79 Å². The lowest BCUT2D eigenvalue weighted by Crippen LogP contribution is -2.46. The number of amides is 1. The van der Waals surface area contributed by atoms with E-state index in [4.69, 9.17) is 0 Å². The van der Waals surface area contributed by atoms with Crippen LogP contribution in [0.4, 0.5) is 5.69 Å². The number of hydrogen-bond acceptors (Lipinski definition) is 2. The molecule has 3 aliphatic rings. The third-order valence-electron chi connectivity index (χ3n) is 6.61. The second kappa shape index (κ2) is 6.46. The number of piperidine rings is 1. The summed E-state index contributed by atoms with van der Waals surface area (Å²) in [6, 6.07) is 15.2. The predicted octanol–water partition coefficient (Wildman–Crippen LogP) is 4.91. The lowest BCUT2D eigenvalue weighted by Gasteiger charge is -2.40. The summed E-state index contributed by atoms with van der Waals surface area (Å²) in [6.07, 6.45) is 5.05. The van der Waals surface area contributed by atoms with Crippen molar-refractivity contribution in [3.63, 3.8) is 0 Å². The summed E-state index contributed by atoms with van der Waals surface area (Å²) in [6.45, 7) is 5.30. The van der Waals surface area contributed by atoms with Gasteiger partial charge in [0.1, 0.15) is 0 Å². The van der Waals surface area contributed by atoms with E-state index in [1.165, 1.54) is 24.0 Å². The predicted molar refractivity (Wildman–Crippen MR) is 113 cm³/mol. The first-order chi connectivity index (χ1) is 13.1. The molecule has 1 amide bonds. The highest BCUT2D eigenvalue weighted by atomic mass is 79.9. The molecule has 2 aromatic carbocycles. The molecule has 2 fully saturated rings. The minimum Gasteiger partial charge on any atom is -0.307 e. The smallest absolute Gasteiger partial charge is 0.258 e. The number of carbonyl (C=O) groups excluding carboxylic acids is 1. The Labute approximate surface area is 169 Å². The first kappa shape index (κ1) is 17.4. The summed E-state index contributed by atoms with van der Waals surface area (Å²) in [5, 5.41) is 0. The van der Waals surface area contributed by atoms with Crippen molar-refractivity contribution in [2.24, 2.45) is 0 Å². The molecular weight excluding hydrogens is 400 g/mol. The van der Waals surface area contributed by atoms with Gasteiger partial charge in [0.2, 0.25) is 0 Å². The monoisotopic (exact) mass is 424 g/mol. The molecule has 2 aromatic rings. The average molecular weight is 425 g/mol. The molecule has 0 atom stereocenters. The van der Waals surface area contributed by atoms with E-state index in [-0.39, 0.29) is 11.3 Å². The van der Waals surface area contributed by atoms with Gasteiger partial charge >= 0.3 is 0 Å². The topological polar surface area (TPSA) is 23.6 Å². The molecule has 3 nitrogen and oxygen atoms in total. The Balaban J connectivity index is 1.49. The molecule has 4 heteroatoms. The first-order valence-corrected chi connectivity index (χ1v) is 10.8. The lowest BCUT2D eigenvalue weighted by molar-refractivity contribution is 0.0975. The second-order valence-corrected chi connectivity index (χ2v) is 9.39. The van der Waals surface area contributed by atoms with Crippen LogP contribution in [0.25, 0.3) is 0 Å². The van der Waals surface area contributed by atoms with Crippen LogP contribution in [-0.2, 0) is 5.41 Å². The Morgan fingerprint density at radius 1 is 1.11 bits per heavy atom. The van der Waals surface area contributed by atoms with Gasteiger partial charge in [0.05, 0.1) is 0 Å². The Hall–Kier alpha value is -1.65. The molecule has 140 valence electrons. The van der Waals surface area contributed by atoms with Gasteiger partial charge < -0.3 is 9.80 Å². The Bertz CT molecular complexity index is 897. The molecule has 1 saturated carbocycles. The van der Waals surface area contributed by atoms with Gasteiger partial charge in [0.25, 0.3) is 5.91 Å². The first-order valence-electron chi connectivity index (χ1n) is 9.98. The molecule has 1 aliphatic carbocycles. The maximum Gasteiger partial charge on any atom is 0.258 e. The summed E-state index contributed by atoms with van der Waals surface area (Å²) >= 11 is 3.50. The number of anilines is 1. The summed E-state index contributed by atoms with van der Waals surface area (Å²) in [5.41, 5.74) is 4.67. The number of likely N-dealkylation sites (tertiary alicyclic amines) is 1. The van der Waals surface area contributed by atoms with Crippen LogP contribution in [0.3, 0.4) is 0 Å². The zero-order valence-electron chi connectivity index (χ0n) is 15.7. The van der Waals surface area contributed by atoms with Crippen LogP contribution < -0.4 is 4.90 Å². The van der Waals surface area contributed by atoms with Gasteiger partial charge in [-0.15, -0.1) is 0 Å². The zero-order valence-corrected chi connectivity index (χ0v) is 17.3. The molecule has 5 rings (SSSR count). The highest BCUT2D eigenvalue weighted by Gasteiger charge is 2.47. The Morgan fingerprint density at radius 2 is 1.89 bits per heavy atom. The molecule has 0 bridgehead atoms. The molecular formula is C23H25BrN2O. The number of halogens is 1. The molecule has 2 heterocycles. The van der Waals surface area contributed by atoms with E-state index < -0.39 is 0 Å². The number of aryl methyl sites for hydroxylation is 1. The van der Waals surface area contributed by atoms with Gasteiger partial charge in [-0.25, -0.2) is 0 Å². The molecule has 0 N–H and O–H groups in total. The molecule has 1 saturated heterocycles. The molecule has 27 heavy (non-hydrogen) atoms. The summed E-state index contributed by atoms with van der Waals surface area (Å²) < 4.78 is 0.948. The zero-order chi connectivity index (χ0) is 18.6. The van der Waals surface area contributed by atoms with Crippen LogP contribution in [0.5, 0.6) is 0 Å². The number of nitrogens with zero attached hydrogens (tertiary/aromatic N) is 2. The van der Waals surface area contributed by atoms with Gasteiger partial charge in [0.15, 0.2) is 0 Å². The van der Waals surface area contributed by atoms with E-state index in [9.17, 15) is 4.79 Å². The van der Waals surface area contributed by atoms with Crippen LogP contribution in [0, 0.1) is 6.92 Å². The molecule has 0 radical (unpaired) electrons. The summed E-state index contributed by atoms with van der Waals surface area (Å²) in [5.74, 6) is 0.114. The minimum absolute atomic E-state index is 0.114. The van der Waals surface area contributed by atoms with Crippen LogP contribution in [0.1, 0.15) is 47.2 Å². The molecule has 0 unspecified atom stereocenters. The Kier molecular flexibility index (Phi) is 4.17. The fourth-order valence-electron chi connectivity index (χ4n) is 4.93. The quantitative estimate of drug-likeness (QED) is 0.683. The summed E-state index contributed by atoms with van der Waals surface area (Å²) in [4.78, 5) is 18.0. The number of fused-ring (bicyclic) bond motifs is 2. The van der Waals surface area contributed by atoms with E-state index >= 15 is 0 Å². The fraction of sp³-hybridized carbons (Fsp3) is 0.435. The number of hydrogen-bond donors (Lipinski definition) is 0. The van der Waals surface area contributed by atoms with Crippen LogP contribution in [0.2, 0.25) is 0 Å². The summed E-state index contributed by atoms with van der Waals surface area (Å²) in [7, 11) is 0. The van der Waals surface area contributed by atoms with Crippen molar-refractivity contribution >= 4 is 27.5 Å². The van der Waals surface area contributed by atoms with Gasteiger partial charge in [0, 0.05) is 33.7 Å². The molecule has 1 spiro atoms. The van der Waals surface area contributed by atoms with Crippen molar-refractivity contribution < 1.29 is 4.79 Å². The number of benzene rings is 2. The van der Waals surface area contributed by atoms with Crippen LogP contribution in [0.15, 0.2) is 46.9 Å². The molecule has 2 aliphatic heterocycles. The van der Waals surface area contributed by atoms with Crippen molar-refractivity contribution in [1.82, 2.24) is 4.90 Å². The number of rotatable bonds is 2. The third kappa shape index (κ3) is 3.03. The lowest BCUT2D eigenvalue weighted by atomic mass is 9.74. The largest absolute Gasteiger partial charge is 0.307 e. The average Bonchev–Trinajstić information content (AvgIpc) is 3.47. The fourth-order valence-corrected chi connectivity index (χ4v) is 5.33.